The summed E-state index contributed by atoms with van der Waals surface area (Å²) in [6, 6.07) is 8.39. The maximum absolute atomic E-state index is 12.3. The van der Waals surface area contributed by atoms with Crippen LogP contribution in [0.5, 0.6) is 0 Å². The van der Waals surface area contributed by atoms with Crippen molar-refractivity contribution in [2.24, 2.45) is 5.73 Å². The summed E-state index contributed by atoms with van der Waals surface area (Å²) in [5.74, 6) is -0.560. The molecule has 7 heteroatoms. The van der Waals surface area contributed by atoms with E-state index < -0.39 is 24.2 Å². The number of rotatable bonds is 5. The number of carbonyl (C=O) groups is 2. The largest absolute Gasteiger partial charge is 0.467 e. The van der Waals surface area contributed by atoms with Gasteiger partial charge in [0.2, 0.25) is 0 Å². The number of ether oxygens (including phenoxy) is 3. The van der Waals surface area contributed by atoms with Gasteiger partial charge in [-0.15, -0.1) is 0 Å². The summed E-state index contributed by atoms with van der Waals surface area (Å²) >= 11 is 0. The van der Waals surface area contributed by atoms with E-state index in [1.807, 2.05) is 30.3 Å². The molecule has 1 aromatic rings. The highest BCUT2D eigenvalue weighted by atomic mass is 16.6. The fourth-order valence-electron chi connectivity index (χ4n) is 2.73. The van der Waals surface area contributed by atoms with E-state index in [0.717, 1.165) is 5.56 Å². The summed E-state index contributed by atoms with van der Waals surface area (Å²) < 4.78 is 15.2. The van der Waals surface area contributed by atoms with Crippen LogP contribution < -0.4 is 5.73 Å². The van der Waals surface area contributed by atoms with E-state index in [1.54, 1.807) is 0 Å². The van der Waals surface area contributed by atoms with Gasteiger partial charge < -0.3 is 24.8 Å². The average Bonchev–Trinajstić information content (AvgIpc) is 2.96. The Kier molecular flexibility index (Phi) is 5.95. The molecule has 1 heterocycles. The third-order valence-electron chi connectivity index (χ3n) is 3.94. The van der Waals surface area contributed by atoms with Crippen molar-refractivity contribution in [3.05, 3.63) is 35.9 Å². The van der Waals surface area contributed by atoms with Gasteiger partial charge in [0.1, 0.15) is 6.61 Å². The number of esters is 1. The number of hydrogen-bond donors (Lipinski definition) is 1. The fraction of sp³-hybridized carbons (Fsp3) is 0.500. The summed E-state index contributed by atoms with van der Waals surface area (Å²) in [5, 5.41) is 0. The number of hydrogen-bond acceptors (Lipinski definition) is 6. The quantitative estimate of drug-likeness (QED) is 0.810. The molecule has 1 amide bonds. The lowest BCUT2D eigenvalue weighted by atomic mass is 10.0. The molecule has 1 aromatic carbocycles. The molecule has 23 heavy (non-hydrogen) atoms. The fourth-order valence-corrected chi connectivity index (χ4v) is 2.73. The summed E-state index contributed by atoms with van der Waals surface area (Å²) in [6.07, 6.45) is -0.873. The van der Waals surface area contributed by atoms with Crippen LogP contribution in [0.15, 0.2) is 30.3 Å². The van der Waals surface area contributed by atoms with E-state index in [-0.39, 0.29) is 12.6 Å². The minimum Gasteiger partial charge on any atom is -0.467 e. The number of nitrogens with zero attached hydrogens (tertiary/aromatic N) is 1. The van der Waals surface area contributed by atoms with Gasteiger partial charge in [-0.05, 0) is 12.0 Å². The zero-order valence-electron chi connectivity index (χ0n) is 13.3. The van der Waals surface area contributed by atoms with Crippen molar-refractivity contribution in [1.29, 1.82) is 0 Å². The third-order valence-corrected chi connectivity index (χ3v) is 3.94. The Hall–Kier alpha value is -2.12. The summed E-state index contributed by atoms with van der Waals surface area (Å²) in [6.45, 7) is 0.574. The van der Waals surface area contributed by atoms with Gasteiger partial charge in [-0.25, -0.2) is 9.59 Å². The first-order chi connectivity index (χ1) is 11.1. The lowest BCUT2D eigenvalue weighted by molar-refractivity contribution is -0.155. The summed E-state index contributed by atoms with van der Waals surface area (Å²) in [5.41, 5.74) is 6.93. The molecule has 0 unspecified atom stereocenters. The molecular weight excluding hydrogens is 300 g/mol. The molecule has 1 aliphatic heterocycles. The lowest BCUT2D eigenvalue weighted by Gasteiger charge is -2.30. The van der Waals surface area contributed by atoms with Gasteiger partial charge in [0.15, 0.2) is 6.10 Å². The Morgan fingerprint density at radius 1 is 1.30 bits per heavy atom. The molecule has 0 aliphatic carbocycles. The van der Waals surface area contributed by atoms with E-state index in [1.165, 1.54) is 19.1 Å². The minimum absolute atomic E-state index is 0.161. The molecule has 7 nitrogen and oxygen atoms in total. The van der Waals surface area contributed by atoms with Crippen LogP contribution in [0.25, 0.3) is 0 Å². The van der Waals surface area contributed by atoms with Crippen molar-refractivity contribution in [2.75, 3.05) is 20.8 Å². The highest BCUT2D eigenvalue weighted by molar-refractivity contribution is 5.77. The zero-order chi connectivity index (χ0) is 16.8. The van der Waals surface area contributed by atoms with Crippen LogP contribution in [0.2, 0.25) is 0 Å². The number of nitrogens with two attached hydrogens (primary N) is 1. The molecular formula is C16H22N2O5. The van der Waals surface area contributed by atoms with Crippen molar-refractivity contribution in [2.45, 2.75) is 31.2 Å². The first-order valence-electron chi connectivity index (χ1n) is 7.42. The topological polar surface area (TPSA) is 91.1 Å². The monoisotopic (exact) mass is 322 g/mol. The Labute approximate surface area is 135 Å². The normalized spacial score (nSPS) is 21.8. The molecule has 0 spiro atoms. The predicted molar refractivity (Wildman–Crippen MR) is 82.5 cm³/mol. The molecule has 1 fully saturated rings. The van der Waals surface area contributed by atoms with Gasteiger partial charge >= 0.3 is 12.1 Å². The van der Waals surface area contributed by atoms with Gasteiger partial charge in [-0.2, -0.15) is 0 Å². The van der Waals surface area contributed by atoms with Crippen LogP contribution in [0.1, 0.15) is 12.0 Å². The molecule has 2 N–H and O–H groups in total. The Morgan fingerprint density at radius 3 is 2.61 bits per heavy atom. The zero-order valence-corrected chi connectivity index (χ0v) is 13.3. The minimum atomic E-state index is -0.929. The van der Waals surface area contributed by atoms with E-state index >= 15 is 0 Å². The second-order valence-electron chi connectivity index (χ2n) is 5.36. The van der Waals surface area contributed by atoms with Crippen LogP contribution >= 0.6 is 0 Å². The molecule has 1 aliphatic rings. The molecule has 2 rings (SSSR count). The van der Waals surface area contributed by atoms with Crippen LogP contribution in [-0.2, 0) is 25.6 Å². The highest BCUT2D eigenvalue weighted by Crippen LogP contribution is 2.23. The smallest absolute Gasteiger partial charge is 0.410 e. The average molecular weight is 322 g/mol. The second kappa shape index (κ2) is 7.94. The van der Waals surface area contributed by atoms with E-state index in [2.05, 4.69) is 0 Å². The molecule has 0 bridgehead atoms. The van der Waals surface area contributed by atoms with E-state index in [0.29, 0.717) is 13.0 Å². The SMILES string of the molecule is COC(=O)[C@H](OC)[C@@H]1[C@@H](N)CCN1C(=O)OCc1ccccc1. The third kappa shape index (κ3) is 4.00. The van der Waals surface area contributed by atoms with Crippen LogP contribution in [0, 0.1) is 0 Å². The Bertz CT molecular complexity index is 537. The van der Waals surface area contributed by atoms with Crippen LogP contribution in [0.3, 0.4) is 0 Å². The molecule has 1 saturated heterocycles. The van der Waals surface area contributed by atoms with Gasteiger partial charge in [0, 0.05) is 19.7 Å². The van der Waals surface area contributed by atoms with Crippen LogP contribution in [0.4, 0.5) is 4.79 Å². The first kappa shape index (κ1) is 17.2. The van der Waals surface area contributed by atoms with Gasteiger partial charge in [0.05, 0.1) is 13.2 Å². The molecule has 126 valence electrons. The van der Waals surface area contributed by atoms with E-state index in [4.69, 9.17) is 19.9 Å². The first-order valence-corrected chi connectivity index (χ1v) is 7.42. The molecule has 3 atom stereocenters. The van der Waals surface area contributed by atoms with Crippen molar-refractivity contribution in [3.63, 3.8) is 0 Å². The van der Waals surface area contributed by atoms with E-state index in [9.17, 15) is 9.59 Å². The van der Waals surface area contributed by atoms with Gasteiger partial charge in [-0.3, -0.25) is 0 Å². The van der Waals surface area contributed by atoms with Gasteiger partial charge in [0.25, 0.3) is 0 Å². The maximum atomic E-state index is 12.3. The lowest BCUT2D eigenvalue weighted by Crippen LogP contribution is -2.53. The van der Waals surface area contributed by atoms with Crippen molar-refractivity contribution in [3.8, 4) is 0 Å². The summed E-state index contributed by atoms with van der Waals surface area (Å²) in [7, 11) is 2.66. The standard InChI is InChI=1S/C16H22N2O5/c1-21-14(15(19)22-2)13-12(17)8-9-18(13)16(20)23-10-11-6-4-3-5-7-11/h3-7,12-14H,8-10,17H2,1-2H3/t12-,13-,14+/m0/s1. The van der Waals surface area contributed by atoms with Crippen molar-refractivity contribution < 1.29 is 23.8 Å². The number of carbonyl (C=O) groups excluding carboxylic acids is 2. The highest BCUT2D eigenvalue weighted by Gasteiger charge is 2.44. The number of benzene rings is 1. The molecule has 0 aromatic heterocycles. The second-order valence-corrected chi connectivity index (χ2v) is 5.36. The van der Waals surface area contributed by atoms with Crippen LogP contribution in [-0.4, -0.2) is 55.9 Å². The predicted octanol–water partition coefficient (Wildman–Crippen LogP) is 0.913. The molecule has 0 radical (unpaired) electrons. The Balaban J connectivity index is 2.04. The van der Waals surface area contributed by atoms with Crippen molar-refractivity contribution >= 4 is 12.1 Å². The number of amides is 1. The maximum Gasteiger partial charge on any atom is 0.410 e. The summed E-state index contributed by atoms with van der Waals surface area (Å²) in [4.78, 5) is 25.6. The van der Waals surface area contributed by atoms with Crippen molar-refractivity contribution in [1.82, 2.24) is 4.90 Å². The number of likely N-dealkylation sites (tertiary alicyclic amines) is 1. The Morgan fingerprint density at radius 2 is 2.00 bits per heavy atom. The number of methoxy groups -OCH3 is 2. The molecule has 0 saturated carbocycles. The van der Waals surface area contributed by atoms with Gasteiger partial charge in [-0.1, -0.05) is 30.3 Å².